The molecule has 0 aromatic heterocycles. The maximum absolute atomic E-state index is 13.5. The number of halogens is 3. The number of nitrogens with two attached hydrogens (primary N) is 1. The van der Waals surface area contributed by atoms with Crippen LogP contribution in [0.4, 0.5) is 10.1 Å². The Morgan fingerprint density at radius 3 is 2.70 bits per heavy atom. The molecule has 0 saturated heterocycles. The summed E-state index contributed by atoms with van der Waals surface area (Å²) >= 11 is 11.5. The molecular weight excluding hydrogens is 304 g/mol. The molecule has 104 valence electrons. The van der Waals surface area contributed by atoms with E-state index in [1.165, 1.54) is 18.2 Å². The Labute approximate surface area is 125 Å². The van der Waals surface area contributed by atoms with E-state index in [-0.39, 0.29) is 33.5 Å². The van der Waals surface area contributed by atoms with Gasteiger partial charge in [0.05, 0.1) is 16.3 Å². The number of hydrogen-bond donors (Lipinski definition) is 1. The van der Waals surface area contributed by atoms with Gasteiger partial charge in [0.1, 0.15) is 12.4 Å². The Bertz CT molecular complexity index is 662. The third-order valence-corrected chi connectivity index (χ3v) is 3.28. The number of rotatable bonds is 3. The van der Waals surface area contributed by atoms with Crippen molar-refractivity contribution in [2.45, 2.75) is 6.61 Å². The van der Waals surface area contributed by atoms with Crippen molar-refractivity contribution < 1.29 is 13.9 Å². The van der Waals surface area contributed by atoms with Crippen molar-refractivity contribution in [1.29, 1.82) is 0 Å². The van der Waals surface area contributed by atoms with Crippen LogP contribution in [0.1, 0.15) is 15.9 Å². The molecule has 2 aromatic carbocycles. The van der Waals surface area contributed by atoms with E-state index in [0.717, 1.165) is 6.07 Å². The van der Waals surface area contributed by atoms with Crippen LogP contribution in [0.25, 0.3) is 0 Å². The minimum absolute atomic E-state index is 0.120. The first-order valence-corrected chi connectivity index (χ1v) is 6.39. The van der Waals surface area contributed by atoms with Gasteiger partial charge in [0.15, 0.2) is 0 Å². The van der Waals surface area contributed by atoms with Gasteiger partial charge in [-0.2, -0.15) is 0 Å². The van der Waals surface area contributed by atoms with Gasteiger partial charge in [-0.25, -0.2) is 9.18 Å². The van der Waals surface area contributed by atoms with Gasteiger partial charge in [0, 0.05) is 10.6 Å². The summed E-state index contributed by atoms with van der Waals surface area (Å²) in [6, 6.07) is 8.75. The Morgan fingerprint density at radius 2 is 2.00 bits per heavy atom. The molecule has 0 radical (unpaired) electrons. The Kier molecular flexibility index (Phi) is 4.47. The summed E-state index contributed by atoms with van der Waals surface area (Å²) in [5, 5.41) is 0.394. The maximum Gasteiger partial charge on any atom is 0.340 e. The minimum Gasteiger partial charge on any atom is -0.457 e. The van der Waals surface area contributed by atoms with Crippen LogP contribution in [-0.2, 0) is 11.3 Å². The second-order valence-corrected chi connectivity index (χ2v) is 4.84. The van der Waals surface area contributed by atoms with Gasteiger partial charge in [-0.3, -0.25) is 0 Å². The third-order valence-electron chi connectivity index (χ3n) is 2.62. The fourth-order valence-corrected chi connectivity index (χ4v) is 1.93. The molecule has 2 aromatic rings. The lowest BCUT2D eigenvalue weighted by Gasteiger charge is -2.08. The van der Waals surface area contributed by atoms with Crippen molar-refractivity contribution in [3.05, 3.63) is 63.4 Å². The molecule has 0 fully saturated rings. The molecule has 2 rings (SSSR count). The summed E-state index contributed by atoms with van der Waals surface area (Å²) in [4.78, 5) is 11.9. The number of carbonyl (C=O) groups excluding carboxylic acids is 1. The Balaban J connectivity index is 2.11. The van der Waals surface area contributed by atoms with Crippen LogP contribution in [-0.4, -0.2) is 5.97 Å². The van der Waals surface area contributed by atoms with Gasteiger partial charge in [0.25, 0.3) is 0 Å². The van der Waals surface area contributed by atoms with Crippen LogP contribution in [0.15, 0.2) is 36.4 Å². The predicted molar refractivity (Wildman–Crippen MR) is 76.4 cm³/mol. The van der Waals surface area contributed by atoms with Crippen molar-refractivity contribution in [2.24, 2.45) is 0 Å². The first kappa shape index (κ1) is 14.6. The summed E-state index contributed by atoms with van der Waals surface area (Å²) in [6.45, 7) is -0.215. The molecule has 0 aliphatic heterocycles. The fourth-order valence-electron chi connectivity index (χ4n) is 1.57. The number of ether oxygens (including phenoxy) is 1. The van der Waals surface area contributed by atoms with Crippen molar-refractivity contribution in [1.82, 2.24) is 0 Å². The normalized spacial score (nSPS) is 10.3. The van der Waals surface area contributed by atoms with Gasteiger partial charge in [-0.05, 0) is 24.3 Å². The molecule has 6 heteroatoms. The quantitative estimate of drug-likeness (QED) is 0.686. The molecule has 20 heavy (non-hydrogen) atoms. The van der Waals surface area contributed by atoms with Crippen LogP contribution >= 0.6 is 23.2 Å². The Morgan fingerprint density at radius 1 is 1.25 bits per heavy atom. The van der Waals surface area contributed by atoms with E-state index in [2.05, 4.69) is 0 Å². The van der Waals surface area contributed by atoms with E-state index < -0.39 is 11.8 Å². The molecule has 0 amide bonds. The van der Waals surface area contributed by atoms with E-state index in [1.54, 1.807) is 12.1 Å². The second-order valence-electron chi connectivity index (χ2n) is 4.02. The van der Waals surface area contributed by atoms with E-state index in [0.29, 0.717) is 0 Å². The van der Waals surface area contributed by atoms with Crippen LogP contribution in [0.2, 0.25) is 10.0 Å². The Hall–Kier alpha value is -1.78. The number of nitrogen functional groups attached to an aromatic ring is 1. The number of anilines is 1. The molecule has 2 N–H and O–H groups in total. The molecule has 0 aliphatic rings. The van der Waals surface area contributed by atoms with Crippen molar-refractivity contribution in [2.75, 3.05) is 5.73 Å². The zero-order valence-corrected chi connectivity index (χ0v) is 11.7. The standard InChI is InChI=1S/C14H10Cl2FNO2/c15-9-5-4-8(11(17)6-9)7-20-14(19)10-2-1-3-12(18)13(10)16/h1-6H,7,18H2. The molecule has 0 heterocycles. The fraction of sp³-hybridized carbons (Fsp3) is 0.0714. The second kappa shape index (κ2) is 6.11. The third kappa shape index (κ3) is 3.21. The lowest BCUT2D eigenvalue weighted by Crippen LogP contribution is -2.07. The highest BCUT2D eigenvalue weighted by molar-refractivity contribution is 6.36. The average Bonchev–Trinajstić information content (AvgIpc) is 2.40. The first-order chi connectivity index (χ1) is 9.49. The highest BCUT2D eigenvalue weighted by Gasteiger charge is 2.14. The zero-order valence-electron chi connectivity index (χ0n) is 10.2. The van der Waals surface area contributed by atoms with E-state index in [9.17, 15) is 9.18 Å². The first-order valence-electron chi connectivity index (χ1n) is 5.64. The highest BCUT2D eigenvalue weighted by Crippen LogP contribution is 2.24. The molecule has 0 atom stereocenters. The van der Waals surface area contributed by atoms with Gasteiger partial charge < -0.3 is 10.5 Å². The smallest absolute Gasteiger partial charge is 0.340 e. The van der Waals surface area contributed by atoms with Crippen molar-refractivity contribution >= 4 is 34.9 Å². The molecule has 3 nitrogen and oxygen atoms in total. The van der Waals surface area contributed by atoms with Gasteiger partial charge in [-0.15, -0.1) is 0 Å². The molecule has 0 aliphatic carbocycles. The number of hydrogen-bond acceptors (Lipinski definition) is 3. The number of benzene rings is 2. The van der Waals surface area contributed by atoms with Crippen LogP contribution in [0.3, 0.4) is 0 Å². The predicted octanol–water partition coefficient (Wildman–Crippen LogP) is 4.07. The molecule has 0 unspecified atom stereocenters. The SMILES string of the molecule is Nc1cccc(C(=O)OCc2ccc(Cl)cc2F)c1Cl. The van der Waals surface area contributed by atoms with Gasteiger partial charge in [-0.1, -0.05) is 35.3 Å². The highest BCUT2D eigenvalue weighted by atomic mass is 35.5. The topological polar surface area (TPSA) is 52.3 Å². The summed E-state index contributed by atoms with van der Waals surface area (Å²) in [5.41, 5.74) is 6.23. The number of carbonyl (C=O) groups is 1. The zero-order chi connectivity index (χ0) is 14.7. The molecule has 0 saturated carbocycles. The van der Waals surface area contributed by atoms with E-state index in [1.807, 2.05) is 0 Å². The lowest BCUT2D eigenvalue weighted by molar-refractivity contribution is 0.0469. The molecule has 0 spiro atoms. The maximum atomic E-state index is 13.5. The number of esters is 1. The van der Waals surface area contributed by atoms with Gasteiger partial charge in [0.2, 0.25) is 0 Å². The van der Waals surface area contributed by atoms with Gasteiger partial charge >= 0.3 is 5.97 Å². The summed E-state index contributed by atoms with van der Waals surface area (Å²) in [6.07, 6.45) is 0. The largest absolute Gasteiger partial charge is 0.457 e. The monoisotopic (exact) mass is 313 g/mol. The van der Waals surface area contributed by atoms with E-state index >= 15 is 0 Å². The minimum atomic E-state index is -0.670. The van der Waals surface area contributed by atoms with Crippen LogP contribution in [0.5, 0.6) is 0 Å². The lowest BCUT2D eigenvalue weighted by atomic mass is 10.2. The van der Waals surface area contributed by atoms with Crippen LogP contribution < -0.4 is 5.73 Å². The molecule has 0 bridgehead atoms. The summed E-state index contributed by atoms with van der Waals surface area (Å²) in [5.74, 6) is -1.21. The average molecular weight is 314 g/mol. The van der Waals surface area contributed by atoms with Crippen molar-refractivity contribution in [3.63, 3.8) is 0 Å². The summed E-state index contributed by atoms with van der Waals surface area (Å²) in [7, 11) is 0. The van der Waals surface area contributed by atoms with Crippen molar-refractivity contribution in [3.8, 4) is 0 Å². The summed E-state index contributed by atoms with van der Waals surface area (Å²) < 4.78 is 18.5. The van der Waals surface area contributed by atoms with E-state index in [4.69, 9.17) is 33.7 Å². The molecular formula is C14H10Cl2FNO2. The van der Waals surface area contributed by atoms with Crippen LogP contribution in [0, 0.1) is 5.82 Å².